The van der Waals surface area contributed by atoms with E-state index in [2.05, 4.69) is 174 Å². The molecule has 2 heterocycles. The smallest absolute Gasteiger partial charge is 0.0971 e. The van der Waals surface area contributed by atoms with Gasteiger partial charge in [0.15, 0.2) is 0 Å². The highest BCUT2D eigenvalue weighted by atomic mass is 32.1. The van der Waals surface area contributed by atoms with Gasteiger partial charge in [0.2, 0.25) is 0 Å². The molecule has 0 fully saturated rings. The maximum absolute atomic E-state index is 3.54. The third-order valence-corrected chi connectivity index (χ3v) is 9.46. The summed E-state index contributed by atoms with van der Waals surface area (Å²) in [6.45, 7) is 0.883. The van der Waals surface area contributed by atoms with E-state index in [1.54, 1.807) is 0 Å². The van der Waals surface area contributed by atoms with Gasteiger partial charge in [-0.3, -0.25) is 0 Å². The number of nitrogens with one attached hydrogen (secondary N) is 1. The Labute approximate surface area is 262 Å². The molecule has 0 saturated heterocycles. The summed E-state index contributed by atoms with van der Waals surface area (Å²) in [5, 5.41) is 6.07. The van der Waals surface area contributed by atoms with Crippen LogP contribution in [0.4, 0.5) is 22.1 Å². The van der Waals surface area contributed by atoms with Crippen molar-refractivity contribution in [3.63, 3.8) is 0 Å². The van der Waals surface area contributed by atoms with E-state index in [-0.39, 0.29) is 0 Å². The van der Waals surface area contributed by atoms with Gasteiger partial charge in [0.05, 0.1) is 5.00 Å². The zero-order valence-electron chi connectivity index (χ0n) is 24.2. The summed E-state index contributed by atoms with van der Waals surface area (Å²) < 4.78 is 1.30. The first-order valence-corrected chi connectivity index (χ1v) is 15.8. The van der Waals surface area contributed by atoms with Crippen LogP contribution in [-0.2, 0) is 0 Å². The van der Waals surface area contributed by atoms with Gasteiger partial charge in [-0.25, -0.2) is 0 Å². The molecule has 0 saturated carbocycles. The van der Waals surface area contributed by atoms with Gasteiger partial charge in [-0.2, -0.15) is 0 Å². The summed E-state index contributed by atoms with van der Waals surface area (Å²) in [5.41, 5.74) is 12.0. The van der Waals surface area contributed by atoms with Crippen LogP contribution in [0.5, 0.6) is 0 Å². The summed E-state index contributed by atoms with van der Waals surface area (Å²) in [7, 11) is 0. The zero-order chi connectivity index (χ0) is 29.3. The number of hydrogen-bond acceptors (Lipinski definition) is 3. The van der Waals surface area contributed by atoms with Crippen LogP contribution in [0.1, 0.15) is 5.56 Å². The number of benzene rings is 6. The van der Waals surface area contributed by atoms with Crippen molar-refractivity contribution in [2.45, 2.75) is 0 Å². The molecule has 1 aromatic heterocycles. The lowest BCUT2D eigenvalue weighted by Crippen LogP contribution is -2.09. The van der Waals surface area contributed by atoms with Gasteiger partial charge in [-0.15, -0.1) is 11.3 Å². The highest BCUT2D eigenvalue weighted by Gasteiger charge is 2.17. The standard InChI is InChI=1S/C41H30N2S/c1-3-8-29(9-4-1)31-13-15-32(16-14-31)34-19-23-36(24-20-34)43(35-21-17-33(18-22-35)30-10-5-2-6-11-30)37-25-26-40-39(28-37)38-12-7-27-42-41(38)44-40/h1-26,28,42H,27H2. The minimum atomic E-state index is 0.883. The number of anilines is 4. The highest BCUT2D eigenvalue weighted by Crippen LogP contribution is 2.43. The Bertz CT molecular complexity index is 2070. The molecule has 210 valence electrons. The fraction of sp³-hybridized carbons (Fsp3) is 0.0244. The predicted octanol–water partition coefficient (Wildman–Crippen LogP) is 11.8. The van der Waals surface area contributed by atoms with Gasteiger partial charge in [-0.1, -0.05) is 121 Å². The Morgan fingerprint density at radius 3 is 1.45 bits per heavy atom. The number of hydrogen-bond donors (Lipinski definition) is 1. The van der Waals surface area contributed by atoms with Crippen molar-refractivity contribution in [2.75, 3.05) is 16.8 Å². The topological polar surface area (TPSA) is 15.3 Å². The van der Waals surface area contributed by atoms with Crippen LogP contribution in [0.15, 0.2) is 158 Å². The minimum Gasteiger partial charge on any atom is -0.373 e. The summed E-state index contributed by atoms with van der Waals surface area (Å²) in [5.74, 6) is 0. The molecule has 0 spiro atoms. The van der Waals surface area contributed by atoms with E-state index in [4.69, 9.17) is 0 Å². The summed E-state index contributed by atoms with van der Waals surface area (Å²) >= 11 is 1.83. The Kier molecular flexibility index (Phi) is 6.78. The van der Waals surface area contributed by atoms with Crippen LogP contribution < -0.4 is 10.2 Å². The van der Waals surface area contributed by atoms with Gasteiger partial charge < -0.3 is 10.2 Å². The molecule has 7 aromatic rings. The molecule has 0 atom stereocenters. The lowest BCUT2D eigenvalue weighted by atomic mass is 10.00. The van der Waals surface area contributed by atoms with Crippen molar-refractivity contribution >= 4 is 49.6 Å². The quantitative estimate of drug-likeness (QED) is 0.210. The molecule has 8 rings (SSSR count). The van der Waals surface area contributed by atoms with Crippen molar-refractivity contribution in [2.24, 2.45) is 0 Å². The second kappa shape index (κ2) is 11.4. The molecule has 1 N–H and O–H groups in total. The lowest BCUT2D eigenvalue weighted by molar-refractivity contribution is 1.29. The molecule has 6 aromatic carbocycles. The molecule has 0 amide bonds. The largest absolute Gasteiger partial charge is 0.373 e. The van der Waals surface area contributed by atoms with E-state index in [0.717, 1.165) is 23.6 Å². The average Bonchev–Trinajstić information content (AvgIpc) is 3.48. The van der Waals surface area contributed by atoms with E-state index in [1.165, 1.54) is 54.0 Å². The van der Waals surface area contributed by atoms with Crippen molar-refractivity contribution < 1.29 is 0 Å². The fourth-order valence-corrected chi connectivity index (χ4v) is 7.12. The predicted molar refractivity (Wildman–Crippen MR) is 190 cm³/mol. The van der Waals surface area contributed by atoms with Crippen LogP contribution in [0.25, 0.3) is 49.5 Å². The van der Waals surface area contributed by atoms with Crippen LogP contribution in [0.2, 0.25) is 0 Å². The summed E-state index contributed by atoms with van der Waals surface area (Å²) in [6.07, 6.45) is 4.46. The lowest BCUT2D eigenvalue weighted by Gasteiger charge is -2.26. The second-order valence-corrected chi connectivity index (χ2v) is 12.1. The van der Waals surface area contributed by atoms with Crippen LogP contribution in [-0.4, -0.2) is 6.54 Å². The first-order chi connectivity index (χ1) is 21.8. The normalized spacial score (nSPS) is 12.1. The van der Waals surface area contributed by atoms with Gasteiger partial charge >= 0.3 is 0 Å². The fourth-order valence-electron chi connectivity index (χ4n) is 6.04. The average molecular weight is 583 g/mol. The zero-order valence-corrected chi connectivity index (χ0v) is 25.0. The Morgan fingerprint density at radius 2 is 0.932 bits per heavy atom. The molecule has 0 aliphatic carbocycles. The van der Waals surface area contributed by atoms with Gasteiger partial charge in [0, 0.05) is 39.3 Å². The van der Waals surface area contributed by atoms with Crippen molar-refractivity contribution in [1.29, 1.82) is 0 Å². The van der Waals surface area contributed by atoms with Crippen LogP contribution >= 0.6 is 11.3 Å². The van der Waals surface area contributed by atoms with Crippen LogP contribution in [0.3, 0.4) is 0 Å². The molecule has 2 nitrogen and oxygen atoms in total. The molecule has 0 radical (unpaired) electrons. The van der Waals surface area contributed by atoms with E-state index in [9.17, 15) is 0 Å². The molecule has 3 heteroatoms. The summed E-state index contributed by atoms with van der Waals surface area (Å²) in [6, 6.07) is 54.6. The Balaban J connectivity index is 1.17. The molecule has 0 bridgehead atoms. The molecule has 0 unspecified atom stereocenters. The maximum Gasteiger partial charge on any atom is 0.0971 e. The summed E-state index contributed by atoms with van der Waals surface area (Å²) in [4.78, 5) is 2.36. The SMILES string of the molecule is C1=Cc2c(sc3ccc(N(c4ccc(-c5ccccc5)cc4)c4ccc(-c5ccc(-c6ccccc6)cc5)cc4)cc23)NC1. The molecular formula is C41H30N2S. The maximum atomic E-state index is 3.54. The van der Waals surface area contributed by atoms with Crippen LogP contribution in [0, 0.1) is 0 Å². The second-order valence-electron chi connectivity index (χ2n) is 11.0. The third kappa shape index (κ3) is 4.98. The van der Waals surface area contributed by atoms with Crippen molar-refractivity contribution in [3.8, 4) is 33.4 Å². The molecular weight excluding hydrogens is 553 g/mol. The Hall–Kier alpha value is -5.38. The minimum absolute atomic E-state index is 0.883. The monoisotopic (exact) mass is 582 g/mol. The van der Waals surface area contributed by atoms with Gasteiger partial charge in [0.1, 0.15) is 0 Å². The van der Waals surface area contributed by atoms with E-state index in [0.29, 0.717) is 0 Å². The van der Waals surface area contributed by atoms with E-state index < -0.39 is 0 Å². The van der Waals surface area contributed by atoms with E-state index >= 15 is 0 Å². The molecule has 1 aliphatic rings. The first-order valence-electron chi connectivity index (χ1n) is 15.0. The Morgan fingerprint density at radius 1 is 0.477 bits per heavy atom. The number of rotatable bonds is 6. The molecule has 44 heavy (non-hydrogen) atoms. The van der Waals surface area contributed by atoms with Gasteiger partial charge in [0.25, 0.3) is 0 Å². The third-order valence-electron chi connectivity index (χ3n) is 8.32. The number of fused-ring (bicyclic) bond motifs is 3. The van der Waals surface area contributed by atoms with Crippen molar-refractivity contribution in [3.05, 3.63) is 163 Å². The highest BCUT2D eigenvalue weighted by molar-refractivity contribution is 7.23. The van der Waals surface area contributed by atoms with Gasteiger partial charge in [-0.05, 0) is 75.8 Å². The van der Waals surface area contributed by atoms with E-state index in [1.807, 2.05) is 11.3 Å². The number of nitrogens with zero attached hydrogens (tertiary/aromatic N) is 1. The number of thiophene rings is 1. The first kappa shape index (κ1) is 26.3. The molecule has 1 aliphatic heterocycles. The van der Waals surface area contributed by atoms with Crippen molar-refractivity contribution in [1.82, 2.24) is 0 Å².